The number of hydrogen-bond donors (Lipinski definition) is 1. The molecule has 4 aromatic carbocycles. The Kier molecular flexibility index (Phi) is 23.1. The van der Waals surface area contributed by atoms with E-state index in [-0.39, 0.29) is 49.5 Å². The third kappa shape index (κ3) is 14.7. The maximum atomic E-state index is 14.0. The summed E-state index contributed by atoms with van der Waals surface area (Å²) in [6, 6.07) is 19.1. The fraction of sp³-hybridized carbons (Fsp3) is 0.476. The summed E-state index contributed by atoms with van der Waals surface area (Å²) in [6.07, 6.45) is 10.1. The predicted molar refractivity (Wildman–Crippen MR) is 314 cm³/mol. The third-order valence-electron chi connectivity index (χ3n) is 14.4. The van der Waals surface area contributed by atoms with E-state index in [0.717, 1.165) is 95.1 Å². The minimum absolute atomic E-state index is 0.135. The third-order valence-corrected chi connectivity index (χ3v) is 14.7. The summed E-state index contributed by atoms with van der Waals surface area (Å²) in [5.41, 5.74) is 10.1. The van der Waals surface area contributed by atoms with Gasteiger partial charge < -0.3 is 28.6 Å². The van der Waals surface area contributed by atoms with Crippen LogP contribution in [0.3, 0.4) is 0 Å². The average molecular weight is 1090 g/mol. The van der Waals surface area contributed by atoms with Gasteiger partial charge in [-0.3, -0.25) is 34.4 Å². The minimum Gasteiger partial charge on any atom is -0.493 e. The summed E-state index contributed by atoms with van der Waals surface area (Å²) in [5.74, 6) is -0.330. The molecule has 0 radical (unpaired) electrons. The number of piperazine rings is 1. The van der Waals surface area contributed by atoms with Gasteiger partial charge in [0, 0.05) is 111 Å². The first-order valence-electron chi connectivity index (χ1n) is 28.1. The van der Waals surface area contributed by atoms with Gasteiger partial charge in [0.1, 0.15) is 23.4 Å². The number of aryl methyl sites for hydroxylation is 1. The van der Waals surface area contributed by atoms with E-state index in [1.165, 1.54) is 46.7 Å². The van der Waals surface area contributed by atoms with E-state index < -0.39 is 11.9 Å². The average Bonchev–Trinajstić information content (AvgIpc) is 4.03. The van der Waals surface area contributed by atoms with Gasteiger partial charge in [-0.1, -0.05) is 88.1 Å². The SMILES string of the molecule is CC.CCC.CCCOC.CN=C(C)C(=C(C)C)c1c(Cl)ccc2c(CCCOc3cccc4cc(F)ccc34)c(C=C3CCC3)n(CCN3CCN(C(=O)COc4cccc5c4CN(C4CCC(=O)NC4=O)C5=O)CC3)c12. The molecule has 1 N–H and O–H groups in total. The second-order valence-electron chi connectivity index (χ2n) is 20.1. The number of nitrogens with zero attached hydrogens (tertiary/aromatic N) is 5. The highest BCUT2D eigenvalue weighted by Crippen LogP contribution is 2.41. The van der Waals surface area contributed by atoms with E-state index in [9.17, 15) is 23.6 Å². The molecule has 4 amide bonds. The fourth-order valence-electron chi connectivity index (χ4n) is 10.4. The van der Waals surface area contributed by atoms with Crippen molar-refractivity contribution in [1.29, 1.82) is 0 Å². The lowest BCUT2D eigenvalue weighted by Gasteiger charge is -2.35. The number of piperidine rings is 1. The van der Waals surface area contributed by atoms with Crippen molar-refractivity contribution in [3.63, 3.8) is 0 Å². The molecule has 0 bridgehead atoms. The van der Waals surface area contributed by atoms with Crippen LogP contribution in [0.2, 0.25) is 5.02 Å². The Hall–Kier alpha value is -6.35. The molecule has 4 aliphatic rings. The second-order valence-corrected chi connectivity index (χ2v) is 20.5. The molecule has 78 heavy (non-hydrogen) atoms. The van der Waals surface area contributed by atoms with Crippen molar-refractivity contribution in [2.24, 2.45) is 4.99 Å². The van der Waals surface area contributed by atoms with Gasteiger partial charge >= 0.3 is 0 Å². The van der Waals surface area contributed by atoms with Gasteiger partial charge in [0.05, 0.1) is 23.7 Å². The Balaban J connectivity index is 0.000000912. The number of allylic oxidation sites excluding steroid dienone is 3. The highest BCUT2D eigenvalue weighted by atomic mass is 35.5. The molecule has 3 aliphatic heterocycles. The lowest BCUT2D eigenvalue weighted by molar-refractivity contribution is -0.137. The van der Waals surface area contributed by atoms with Crippen LogP contribution in [0.1, 0.15) is 139 Å². The number of ether oxygens (including phenoxy) is 3. The highest BCUT2D eigenvalue weighted by molar-refractivity contribution is 6.37. The van der Waals surface area contributed by atoms with E-state index in [4.69, 9.17) is 25.8 Å². The van der Waals surface area contributed by atoms with E-state index >= 15 is 0 Å². The highest BCUT2D eigenvalue weighted by Gasteiger charge is 2.40. The number of imide groups is 1. The number of aliphatic imine (C=N–C) groups is 1. The van der Waals surface area contributed by atoms with Gasteiger partial charge in [-0.25, -0.2) is 4.39 Å². The molecule has 1 aromatic heterocycles. The molecule has 13 nitrogen and oxygen atoms in total. The largest absolute Gasteiger partial charge is 0.493 e. The van der Waals surface area contributed by atoms with Crippen molar-refractivity contribution >= 4 is 74.3 Å². The molecule has 9 rings (SSSR count). The Morgan fingerprint density at radius 1 is 0.872 bits per heavy atom. The first kappa shape index (κ1) is 60.9. The van der Waals surface area contributed by atoms with Crippen LogP contribution < -0.4 is 14.8 Å². The molecule has 1 unspecified atom stereocenters. The Bertz CT molecular complexity index is 3000. The molecule has 4 heterocycles. The van der Waals surface area contributed by atoms with Crippen LogP contribution in [-0.2, 0) is 38.6 Å². The summed E-state index contributed by atoms with van der Waals surface area (Å²) >= 11 is 7.25. The zero-order valence-electron chi connectivity index (χ0n) is 47.8. The molecular formula is C63H82ClFN6O7. The Labute approximate surface area is 466 Å². The van der Waals surface area contributed by atoms with Crippen molar-refractivity contribution in [3.8, 4) is 11.5 Å². The van der Waals surface area contributed by atoms with Crippen LogP contribution in [0, 0.1) is 5.82 Å². The second kappa shape index (κ2) is 29.6. The summed E-state index contributed by atoms with van der Waals surface area (Å²) in [6.45, 7) is 21.9. The number of methoxy groups -OCH3 is 1. The fourth-order valence-corrected chi connectivity index (χ4v) is 10.7. The van der Waals surface area contributed by atoms with Crippen molar-refractivity contribution in [2.75, 3.05) is 66.7 Å². The maximum absolute atomic E-state index is 14.0. The molecule has 5 aromatic rings. The number of nitrogens with one attached hydrogen (secondary N) is 1. The number of benzene rings is 4. The molecule has 1 atom stereocenters. The van der Waals surface area contributed by atoms with E-state index in [0.29, 0.717) is 61.2 Å². The normalized spacial score (nSPS) is 16.3. The van der Waals surface area contributed by atoms with Crippen molar-refractivity contribution in [3.05, 3.63) is 117 Å². The van der Waals surface area contributed by atoms with Gasteiger partial charge in [0.25, 0.3) is 11.8 Å². The lowest BCUT2D eigenvalue weighted by atomic mass is 9.90. The van der Waals surface area contributed by atoms with Gasteiger partial charge in [-0.05, 0) is 125 Å². The quantitative estimate of drug-likeness (QED) is 0.0552. The molecule has 15 heteroatoms. The van der Waals surface area contributed by atoms with Crippen LogP contribution >= 0.6 is 11.6 Å². The van der Waals surface area contributed by atoms with Crippen molar-refractivity contribution in [2.45, 2.75) is 132 Å². The van der Waals surface area contributed by atoms with Crippen LogP contribution in [-0.4, -0.2) is 121 Å². The topological polar surface area (TPSA) is 135 Å². The zero-order chi connectivity index (χ0) is 56.5. The van der Waals surface area contributed by atoms with Crippen LogP contribution in [0.15, 0.2) is 82.9 Å². The van der Waals surface area contributed by atoms with Crippen LogP contribution in [0.4, 0.5) is 4.39 Å². The first-order chi connectivity index (χ1) is 37.7. The lowest BCUT2D eigenvalue weighted by Crippen LogP contribution is -2.52. The Morgan fingerprint density at radius 2 is 1.58 bits per heavy atom. The summed E-state index contributed by atoms with van der Waals surface area (Å²) < 4.78 is 33.7. The summed E-state index contributed by atoms with van der Waals surface area (Å²) in [7, 11) is 3.53. The molecule has 3 fully saturated rings. The number of rotatable bonds is 17. The van der Waals surface area contributed by atoms with Crippen molar-refractivity contribution in [1.82, 2.24) is 24.6 Å². The smallest absolute Gasteiger partial charge is 0.260 e. The van der Waals surface area contributed by atoms with Gasteiger partial charge in [-0.15, -0.1) is 0 Å². The number of halogens is 2. The van der Waals surface area contributed by atoms with Gasteiger partial charge in [0.2, 0.25) is 11.8 Å². The number of amides is 4. The van der Waals surface area contributed by atoms with Gasteiger partial charge in [0.15, 0.2) is 6.61 Å². The zero-order valence-corrected chi connectivity index (χ0v) is 48.5. The number of hydrogen-bond acceptors (Lipinski definition) is 9. The van der Waals surface area contributed by atoms with Crippen molar-refractivity contribution < 1.29 is 37.8 Å². The monoisotopic (exact) mass is 1090 g/mol. The Morgan fingerprint density at radius 3 is 2.22 bits per heavy atom. The standard InChI is InChI=1S/C54H58ClFN6O6.C4H10O.C3H8.C2H6/c1-33(2)50(34(3)57-4)51-43(55)19-18-40-39(13-8-28-67-46-14-6-11-36-30-37(56)16-17-38(36)46)45(29-35-9-5-10-35)61(52(40)51)27-24-59-22-25-60(26-23-59)49(64)32-68-47-15-7-12-41-42(47)31-62(54(41)66)44-20-21-48(63)58-53(44)65;1-3-4-5-2;1-3-2;1-2/h6-7,11-12,14-19,29-30,44H,5,8-10,13,20-28,31-32H2,1-4H3,(H,58,63,65);3-4H2,1-2H3;3H2,1-2H3;1-2H3. The predicted octanol–water partition coefficient (Wildman–Crippen LogP) is 12.5. The number of fused-ring (bicyclic) bond motifs is 3. The molecule has 420 valence electrons. The van der Waals surface area contributed by atoms with Gasteiger partial charge in [-0.2, -0.15) is 0 Å². The first-order valence-corrected chi connectivity index (χ1v) is 28.4. The summed E-state index contributed by atoms with van der Waals surface area (Å²) in [5, 5.41) is 5.86. The minimum atomic E-state index is -0.736. The van der Waals surface area contributed by atoms with E-state index in [1.54, 1.807) is 31.4 Å². The summed E-state index contributed by atoms with van der Waals surface area (Å²) in [4.78, 5) is 61.7. The van der Waals surface area contributed by atoms with E-state index in [1.807, 2.05) is 57.0 Å². The molecule has 2 saturated heterocycles. The number of carbonyl (C=O) groups excluding carboxylic acids is 4. The van der Waals surface area contributed by atoms with Crippen LogP contribution in [0.5, 0.6) is 11.5 Å². The number of aromatic nitrogens is 1. The van der Waals surface area contributed by atoms with E-state index in [2.05, 4.69) is 66.5 Å². The molecule has 1 saturated carbocycles. The maximum Gasteiger partial charge on any atom is 0.260 e. The molecule has 0 spiro atoms. The molecule has 1 aliphatic carbocycles. The molecular weight excluding hydrogens is 1010 g/mol. The number of carbonyl (C=O) groups is 4. The van der Waals surface area contributed by atoms with Crippen LogP contribution in [0.25, 0.3) is 33.3 Å².